The molecule has 2 aromatic carbocycles. The molecule has 0 fully saturated rings. The molecule has 0 atom stereocenters. The van der Waals surface area contributed by atoms with Gasteiger partial charge in [0.2, 0.25) is 5.91 Å². The van der Waals surface area contributed by atoms with E-state index in [2.05, 4.69) is 26.3 Å². The van der Waals surface area contributed by atoms with Crippen molar-refractivity contribution in [1.82, 2.24) is 19.8 Å². The lowest BCUT2D eigenvalue weighted by Crippen LogP contribution is -2.20. The monoisotopic (exact) mass is 599 g/mol. The zero-order chi connectivity index (χ0) is 30.7. The van der Waals surface area contributed by atoms with Crippen LogP contribution in [0.5, 0.6) is 0 Å². The molecule has 3 aromatic heterocycles. The minimum atomic E-state index is -0.311. The maximum absolute atomic E-state index is 13.1. The highest BCUT2D eigenvalue weighted by Crippen LogP contribution is 2.29. The van der Waals surface area contributed by atoms with Gasteiger partial charge in [0.05, 0.1) is 10.6 Å². The third-order valence-electron chi connectivity index (χ3n) is 6.88. The van der Waals surface area contributed by atoms with Crippen LogP contribution >= 0.6 is 11.3 Å². The summed E-state index contributed by atoms with van der Waals surface area (Å²) in [6, 6.07) is 16.1. The van der Waals surface area contributed by atoms with E-state index in [1.165, 1.54) is 11.3 Å². The number of fused-ring (bicyclic) bond motifs is 2. The van der Waals surface area contributed by atoms with Crippen molar-refractivity contribution in [3.05, 3.63) is 77.1 Å². The highest BCUT2D eigenvalue weighted by molar-refractivity contribution is 7.20. The van der Waals surface area contributed by atoms with Crippen molar-refractivity contribution in [1.29, 1.82) is 0 Å². The summed E-state index contributed by atoms with van der Waals surface area (Å²) in [6.07, 6.45) is 2.89. The molecular weight excluding hydrogens is 566 g/mol. The van der Waals surface area contributed by atoms with Crippen molar-refractivity contribution in [3.63, 3.8) is 0 Å². The molecule has 0 saturated carbocycles. The van der Waals surface area contributed by atoms with E-state index in [0.717, 1.165) is 34.0 Å². The van der Waals surface area contributed by atoms with E-state index >= 15 is 0 Å². The molecule has 5 rings (SSSR count). The Labute approximate surface area is 252 Å². The summed E-state index contributed by atoms with van der Waals surface area (Å²) in [6.45, 7) is 0.842. The molecule has 5 aromatic rings. The van der Waals surface area contributed by atoms with Crippen molar-refractivity contribution in [2.75, 3.05) is 43.6 Å². The molecule has 11 nitrogen and oxygen atoms in total. The molecule has 222 valence electrons. The quantitative estimate of drug-likeness (QED) is 0.156. The Balaban J connectivity index is 1.24. The summed E-state index contributed by atoms with van der Waals surface area (Å²) in [4.78, 5) is 55.9. The second kappa shape index (κ2) is 12.5. The van der Waals surface area contributed by atoms with Crippen LogP contribution in [-0.2, 0) is 11.8 Å². The van der Waals surface area contributed by atoms with Crippen molar-refractivity contribution in [2.45, 2.75) is 12.8 Å². The van der Waals surface area contributed by atoms with Crippen LogP contribution in [0.25, 0.3) is 21.0 Å². The van der Waals surface area contributed by atoms with Gasteiger partial charge in [0.15, 0.2) is 0 Å². The van der Waals surface area contributed by atoms with Gasteiger partial charge in [-0.2, -0.15) is 0 Å². The van der Waals surface area contributed by atoms with Crippen LogP contribution in [0, 0.1) is 0 Å². The molecule has 43 heavy (non-hydrogen) atoms. The number of H-pyrrole nitrogens is 1. The normalized spacial score (nSPS) is 11.2. The number of aromatic nitrogens is 2. The van der Waals surface area contributed by atoms with E-state index in [4.69, 9.17) is 0 Å². The minimum absolute atomic E-state index is 0.0469. The van der Waals surface area contributed by atoms with Crippen LogP contribution < -0.4 is 21.3 Å². The lowest BCUT2D eigenvalue weighted by atomic mass is 10.2. The van der Waals surface area contributed by atoms with Gasteiger partial charge in [-0.05, 0) is 87.0 Å². The Bertz CT molecular complexity index is 1850. The van der Waals surface area contributed by atoms with Gasteiger partial charge in [0, 0.05) is 53.7 Å². The molecule has 0 spiro atoms. The van der Waals surface area contributed by atoms with E-state index < -0.39 is 0 Å². The van der Waals surface area contributed by atoms with Crippen molar-refractivity contribution < 1.29 is 19.2 Å². The molecule has 3 heterocycles. The predicted molar refractivity (Wildman–Crippen MR) is 171 cm³/mol. The topological polar surface area (TPSA) is 140 Å². The molecule has 0 bridgehead atoms. The molecule has 12 heteroatoms. The maximum atomic E-state index is 13.1. The fraction of sp³-hybridized carbons (Fsp3) is 0.226. The van der Waals surface area contributed by atoms with Crippen LogP contribution in [0.3, 0.4) is 0 Å². The number of carbonyl (C=O) groups excluding carboxylic acids is 4. The van der Waals surface area contributed by atoms with E-state index in [1.807, 2.05) is 43.3 Å². The van der Waals surface area contributed by atoms with Crippen molar-refractivity contribution >= 4 is 73.0 Å². The largest absolute Gasteiger partial charge is 0.354 e. The van der Waals surface area contributed by atoms with E-state index in [-0.39, 0.29) is 23.6 Å². The fourth-order valence-electron chi connectivity index (χ4n) is 4.72. The SMILES string of the molecule is CNC(=O)c1cc(NC(=O)c2cc3cc(NC(=O)c4cc5cc(NC(=O)CCCN(C)C)ccc5[nH]4)ccc3s2)cn1C. The second-order valence-corrected chi connectivity index (χ2v) is 11.6. The lowest BCUT2D eigenvalue weighted by Gasteiger charge is -2.09. The number of carbonyl (C=O) groups is 4. The summed E-state index contributed by atoms with van der Waals surface area (Å²) in [5.74, 6) is -0.891. The number of amides is 4. The van der Waals surface area contributed by atoms with Gasteiger partial charge in [-0.1, -0.05) is 0 Å². The summed E-state index contributed by atoms with van der Waals surface area (Å²) in [7, 11) is 7.23. The maximum Gasteiger partial charge on any atom is 0.272 e. The number of anilines is 3. The highest BCUT2D eigenvalue weighted by atomic mass is 32.1. The number of nitrogens with zero attached hydrogens (tertiary/aromatic N) is 2. The zero-order valence-electron chi connectivity index (χ0n) is 24.3. The van der Waals surface area contributed by atoms with Crippen LogP contribution in [0.4, 0.5) is 17.1 Å². The van der Waals surface area contributed by atoms with Crippen LogP contribution in [-0.4, -0.2) is 65.8 Å². The number of nitrogens with one attached hydrogen (secondary N) is 5. The molecule has 0 unspecified atom stereocenters. The van der Waals surface area contributed by atoms with Crippen LogP contribution in [0.1, 0.15) is 43.5 Å². The summed E-state index contributed by atoms with van der Waals surface area (Å²) >= 11 is 1.34. The van der Waals surface area contributed by atoms with E-state index in [1.54, 1.807) is 55.2 Å². The number of hydrogen-bond donors (Lipinski definition) is 5. The smallest absolute Gasteiger partial charge is 0.272 e. The third-order valence-corrected chi connectivity index (χ3v) is 7.99. The average molecular weight is 600 g/mol. The summed E-state index contributed by atoms with van der Waals surface area (Å²) < 4.78 is 2.54. The van der Waals surface area contributed by atoms with Crippen LogP contribution in [0.2, 0.25) is 0 Å². The van der Waals surface area contributed by atoms with Crippen LogP contribution in [0.15, 0.2) is 60.8 Å². The highest BCUT2D eigenvalue weighted by Gasteiger charge is 2.16. The van der Waals surface area contributed by atoms with E-state index in [0.29, 0.717) is 39.7 Å². The van der Waals surface area contributed by atoms with E-state index in [9.17, 15) is 19.2 Å². The molecule has 5 N–H and O–H groups in total. The van der Waals surface area contributed by atoms with Gasteiger partial charge in [-0.25, -0.2) is 0 Å². The molecule has 0 saturated heterocycles. The fourth-order valence-corrected chi connectivity index (χ4v) is 5.66. The molecule has 0 aliphatic carbocycles. The number of benzene rings is 2. The van der Waals surface area contributed by atoms with Gasteiger partial charge >= 0.3 is 0 Å². The van der Waals surface area contributed by atoms with Gasteiger partial charge in [0.1, 0.15) is 11.4 Å². The molecule has 0 radical (unpaired) electrons. The summed E-state index contributed by atoms with van der Waals surface area (Å²) in [5.41, 5.74) is 3.38. The second-order valence-electron chi connectivity index (χ2n) is 10.5. The molecule has 4 amide bonds. The molecular formula is C31H33N7O4S. The Kier molecular flexibility index (Phi) is 8.60. The number of rotatable bonds is 10. The zero-order valence-corrected chi connectivity index (χ0v) is 25.1. The first-order valence-electron chi connectivity index (χ1n) is 13.7. The van der Waals surface area contributed by atoms with Crippen molar-refractivity contribution in [2.24, 2.45) is 7.05 Å². The number of aromatic amines is 1. The number of aryl methyl sites for hydroxylation is 1. The standard InChI is InChI=1S/C31H33N7O4S/c1-32-30(41)25-16-22(17-38(25)4)35-31(42)27-15-19-13-21(8-10-26(19)43-27)34-29(40)24-14-18-12-20(7-9-23(18)36-24)33-28(39)6-5-11-37(2)3/h7-10,12-17,36H,5-6,11H2,1-4H3,(H,32,41)(H,33,39)(H,34,40)(H,35,42). The summed E-state index contributed by atoms with van der Waals surface area (Å²) in [5, 5.41) is 12.9. The Morgan fingerprint density at radius 1 is 0.837 bits per heavy atom. The number of thiophene rings is 1. The van der Waals surface area contributed by atoms with Gasteiger partial charge in [0.25, 0.3) is 17.7 Å². The lowest BCUT2D eigenvalue weighted by molar-refractivity contribution is -0.116. The van der Waals surface area contributed by atoms with Gasteiger partial charge < -0.3 is 35.7 Å². The minimum Gasteiger partial charge on any atom is -0.354 e. The Morgan fingerprint density at radius 2 is 1.56 bits per heavy atom. The Hall–Kier alpha value is -4.94. The predicted octanol–water partition coefficient (Wildman–Crippen LogP) is 4.87. The van der Waals surface area contributed by atoms with Crippen molar-refractivity contribution in [3.8, 4) is 0 Å². The molecule has 0 aliphatic heterocycles. The first-order chi connectivity index (χ1) is 20.6. The average Bonchev–Trinajstić information content (AvgIpc) is 3.68. The first kappa shape index (κ1) is 29.5. The Morgan fingerprint density at radius 3 is 2.33 bits per heavy atom. The number of hydrogen-bond acceptors (Lipinski definition) is 6. The third kappa shape index (κ3) is 6.93. The van der Waals surface area contributed by atoms with Gasteiger partial charge in [-0.3, -0.25) is 19.2 Å². The first-order valence-corrected chi connectivity index (χ1v) is 14.5. The van der Waals surface area contributed by atoms with Gasteiger partial charge in [-0.15, -0.1) is 11.3 Å². The molecule has 0 aliphatic rings.